The minimum absolute atomic E-state index is 0.0526. The number of amides is 1. The fourth-order valence-electron chi connectivity index (χ4n) is 2.67. The lowest BCUT2D eigenvalue weighted by atomic mass is 9.97. The molecule has 0 saturated heterocycles. The quantitative estimate of drug-likeness (QED) is 0.854. The van der Waals surface area contributed by atoms with Gasteiger partial charge in [0.2, 0.25) is 0 Å². The van der Waals surface area contributed by atoms with Crippen molar-refractivity contribution in [3.05, 3.63) is 53.3 Å². The molecule has 0 fully saturated rings. The average Bonchev–Trinajstić information content (AvgIpc) is 2.54. The summed E-state index contributed by atoms with van der Waals surface area (Å²) in [6, 6.07) is 7.59. The average molecular weight is 283 g/mol. The summed E-state index contributed by atoms with van der Waals surface area (Å²) in [6.07, 6.45) is 3.97. The number of carbonyl (C=O) groups is 1. The second kappa shape index (κ2) is 5.44. The van der Waals surface area contributed by atoms with Crippen LogP contribution in [0.3, 0.4) is 0 Å². The molecule has 0 atom stereocenters. The molecule has 0 aliphatic carbocycles. The Morgan fingerprint density at radius 2 is 2.24 bits per heavy atom. The molecule has 1 aromatic heterocycles. The zero-order valence-electron chi connectivity index (χ0n) is 11.9. The van der Waals surface area contributed by atoms with Crippen LogP contribution in [0.1, 0.15) is 21.5 Å². The van der Waals surface area contributed by atoms with E-state index >= 15 is 0 Å². The Morgan fingerprint density at radius 1 is 1.38 bits per heavy atom. The number of ether oxygens (including phenoxy) is 1. The van der Waals surface area contributed by atoms with Gasteiger partial charge in [-0.25, -0.2) is 0 Å². The number of benzene rings is 1. The maximum atomic E-state index is 12.7. The lowest BCUT2D eigenvalue weighted by Crippen LogP contribution is -2.36. The van der Waals surface area contributed by atoms with E-state index in [1.54, 1.807) is 23.4 Å². The van der Waals surface area contributed by atoms with Crippen LogP contribution in [0.4, 0.5) is 5.69 Å². The van der Waals surface area contributed by atoms with Gasteiger partial charge in [-0.3, -0.25) is 9.78 Å². The molecule has 108 valence electrons. The molecule has 5 nitrogen and oxygen atoms in total. The van der Waals surface area contributed by atoms with Crippen LogP contribution in [0.25, 0.3) is 0 Å². The van der Waals surface area contributed by atoms with E-state index in [1.165, 1.54) is 12.7 Å². The molecule has 1 aromatic carbocycles. The number of aromatic nitrogens is 1. The van der Waals surface area contributed by atoms with Gasteiger partial charge >= 0.3 is 0 Å². The second-order valence-electron chi connectivity index (χ2n) is 5.04. The summed E-state index contributed by atoms with van der Waals surface area (Å²) in [6.45, 7) is 1.22. The number of nitrogens with zero attached hydrogens (tertiary/aromatic N) is 2. The van der Waals surface area contributed by atoms with E-state index in [1.807, 2.05) is 12.1 Å². The van der Waals surface area contributed by atoms with Crippen molar-refractivity contribution >= 4 is 11.6 Å². The van der Waals surface area contributed by atoms with E-state index in [0.29, 0.717) is 24.4 Å². The van der Waals surface area contributed by atoms with Crippen molar-refractivity contribution in [1.82, 2.24) is 9.88 Å². The number of anilines is 1. The third kappa shape index (κ3) is 2.42. The zero-order valence-corrected chi connectivity index (χ0v) is 11.9. The van der Waals surface area contributed by atoms with Crippen molar-refractivity contribution in [2.75, 3.05) is 19.4 Å². The molecule has 2 heterocycles. The van der Waals surface area contributed by atoms with Gasteiger partial charge in [-0.05, 0) is 29.7 Å². The minimum Gasteiger partial charge on any atom is -0.494 e. The minimum atomic E-state index is -0.0526. The molecule has 0 bridgehead atoms. The van der Waals surface area contributed by atoms with Gasteiger partial charge in [0.1, 0.15) is 5.75 Å². The highest BCUT2D eigenvalue weighted by Gasteiger charge is 2.24. The summed E-state index contributed by atoms with van der Waals surface area (Å²) in [5, 5.41) is 0. The molecule has 1 aliphatic heterocycles. The van der Waals surface area contributed by atoms with Crippen molar-refractivity contribution in [3.63, 3.8) is 0 Å². The Morgan fingerprint density at radius 3 is 3.05 bits per heavy atom. The van der Waals surface area contributed by atoms with Crippen LogP contribution in [-0.2, 0) is 13.0 Å². The number of nitrogen functional groups attached to an aromatic ring is 1. The molecular formula is C16H17N3O2. The normalized spacial score (nSPS) is 13.7. The van der Waals surface area contributed by atoms with Crippen LogP contribution in [0.2, 0.25) is 0 Å². The molecule has 5 heteroatoms. The van der Waals surface area contributed by atoms with E-state index in [2.05, 4.69) is 11.1 Å². The van der Waals surface area contributed by atoms with E-state index in [0.717, 1.165) is 17.7 Å². The number of hydrogen-bond acceptors (Lipinski definition) is 4. The van der Waals surface area contributed by atoms with Crippen LogP contribution in [-0.4, -0.2) is 29.4 Å². The molecule has 0 radical (unpaired) electrons. The largest absolute Gasteiger partial charge is 0.494 e. The first-order valence-electron chi connectivity index (χ1n) is 6.84. The number of rotatable bonds is 2. The molecule has 1 aliphatic rings. The molecular weight excluding hydrogens is 266 g/mol. The Labute approximate surface area is 123 Å². The summed E-state index contributed by atoms with van der Waals surface area (Å²) in [4.78, 5) is 18.5. The molecule has 0 spiro atoms. The maximum absolute atomic E-state index is 12.7. The Kier molecular flexibility index (Phi) is 3.48. The third-order valence-corrected chi connectivity index (χ3v) is 3.83. The highest BCUT2D eigenvalue weighted by Crippen LogP contribution is 2.26. The van der Waals surface area contributed by atoms with Gasteiger partial charge in [0.15, 0.2) is 0 Å². The number of carbonyl (C=O) groups excluding carboxylic acids is 1. The number of nitrogens with two attached hydrogens (primary N) is 1. The second-order valence-corrected chi connectivity index (χ2v) is 5.04. The number of hydrogen-bond donors (Lipinski definition) is 1. The van der Waals surface area contributed by atoms with Gasteiger partial charge in [-0.1, -0.05) is 12.1 Å². The van der Waals surface area contributed by atoms with Gasteiger partial charge < -0.3 is 15.4 Å². The van der Waals surface area contributed by atoms with Gasteiger partial charge in [0, 0.05) is 25.0 Å². The Balaban J connectivity index is 1.89. The predicted octanol–water partition coefficient (Wildman–Crippen LogP) is 1.87. The molecule has 21 heavy (non-hydrogen) atoms. The first kappa shape index (κ1) is 13.4. The van der Waals surface area contributed by atoms with Crippen LogP contribution in [0.5, 0.6) is 5.75 Å². The van der Waals surface area contributed by atoms with Crippen LogP contribution < -0.4 is 10.5 Å². The number of fused-ring (bicyclic) bond motifs is 1. The Hall–Kier alpha value is -2.56. The first-order valence-corrected chi connectivity index (χ1v) is 6.84. The van der Waals surface area contributed by atoms with Crippen molar-refractivity contribution in [2.45, 2.75) is 13.0 Å². The smallest absolute Gasteiger partial charge is 0.258 e. The van der Waals surface area contributed by atoms with Gasteiger partial charge in [-0.2, -0.15) is 0 Å². The lowest BCUT2D eigenvalue weighted by molar-refractivity contribution is 0.0731. The van der Waals surface area contributed by atoms with E-state index < -0.39 is 0 Å². The zero-order chi connectivity index (χ0) is 14.8. The maximum Gasteiger partial charge on any atom is 0.258 e. The standard InChI is InChI=1S/C16H17N3O2/c1-21-15-9-18-7-5-12(15)16(20)19-8-6-11-3-2-4-14(17)13(11)10-19/h2-5,7,9H,6,8,10,17H2,1H3. The van der Waals surface area contributed by atoms with Crippen LogP contribution in [0.15, 0.2) is 36.7 Å². The molecule has 1 amide bonds. The SMILES string of the molecule is COc1cnccc1C(=O)N1CCc2cccc(N)c2C1. The molecule has 2 aromatic rings. The molecule has 0 unspecified atom stereocenters. The van der Waals surface area contributed by atoms with Crippen molar-refractivity contribution in [2.24, 2.45) is 0 Å². The van der Waals surface area contributed by atoms with Crippen LogP contribution in [0, 0.1) is 0 Å². The summed E-state index contributed by atoms with van der Waals surface area (Å²) in [7, 11) is 1.54. The van der Waals surface area contributed by atoms with Crippen molar-refractivity contribution in [3.8, 4) is 5.75 Å². The monoisotopic (exact) mass is 283 g/mol. The lowest BCUT2D eigenvalue weighted by Gasteiger charge is -2.30. The van der Waals surface area contributed by atoms with Gasteiger partial charge in [-0.15, -0.1) is 0 Å². The molecule has 0 saturated carbocycles. The molecule has 2 N–H and O–H groups in total. The first-order chi connectivity index (χ1) is 10.2. The predicted molar refractivity (Wildman–Crippen MR) is 80.1 cm³/mol. The summed E-state index contributed by atoms with van der Waals surface area (Å²) in [5.74, 6) is 0.442. The summed E-state index contributed by atoms with van der Waals surface area (Å²) in [5.41, 5.74) is 9.57. The highest BCUT2D eigenvalue weighted by atomic mass is 16.5. The Bertz CT molecular complexity index is 685. The summed E-state index contributed by atoms with van der Waals surface area (Å²) < 4.78 is 5.22. The van der Waals surface area contributed by atoms with Crippen molar-refractivity contribution in [1.29, 1.82) is 0 Å². The third-order valence-electron chi connectivity index (χ3n) is 3.83. The highest BCUT2D eigenvalue weighted by molar-refractivity contribution is 5.97. The molecule has 3 rings (SSSR count). The van der Waals surface area contributed by atoms with Gasteiger partial charge in [0.05, 0.1) is 18.9 Å². The summed E-state index contributed by atoms with van der Waals surface area (Å²) >= 11 is 0. The van der Waals surface area contributed by atoms with Crippen LogP contribution >= 0.6 is 0 Å². The fourth-order valence-corrected chi connectivity index (χ4v) is 2.67. The van der Waals surface area contributed by atoms with Gasteiger partial charge in [0.25, 0.3) is 5.91 Å². The van der Waals surface area contributed by atoms with E-state index in [-0.39, 0.29) is 5.91 Å². The fraction of sp³-hybridized carbons (Fsp3) is 0.250. The number of methoxy groups -OCH3 is 1. The van der Waals surface area contributed by atoms with E-state index in [4.69, 9.17) is 10.5 Å². The topological polar surface area (TPSA) is 68.5 Å². The number of pyridine rings is 1. The van der Waals surface area contributed by atoms with Crippen molar-refractivity contribution < 1.29 is 9.53 Å². The van der Waals surface area contributed by atoms with E-state index in [9.17, 15) is 4.79 Å².